The van der Waals surface area contributed by atoms with Crippen LogP contribution in [0.15, 0.2) is 16.5 Å². The zero-order valence-corrected chi connectivity index (χ0v) is 16.5. The van der Waals surface area contributed by atoms with Crippen LogP contribution in [-0.4, -0.2) is 58.2 Å². The van der Waals surface area contributed by atoms with Gasteiger partial charge in [0.15, 0.2) is 0 Å². The van der Waals surface area contributed by atoms with Crippen molar-refractivity contribution >= 4 is 11.9 Å². The Morgan fingerprint density at radius 1 is 1.32 bits per heavy atom. The van der Waals surface area contributed by atoms with Crippen molar-refractivity contribution in [2.24, 2.45) is 5.41 Å². The second-order valence-corrected chi connectivity index (χ2v) is 7.70. The summed E-state index contributed by atoms with van der Waals surface area (Å²) in [6, 6.07) is 0.824. The Labute approximate surface area is 172 Å². The van der Waals surface area contributed by atoms with Gasteiger partial charge in [-0.15, -0.1) is 5.10 Å². The molecular weight excluding hydrogens is 429 g/mol. The Bertz CT molecular complexity index is 1010. The molecule has 168 valence electrons. The summed E-state index contributed by atoms with van der Waals surface area (Å²) >= 11 is 0. The van der Waals surface area contributed by atoms with Crippen molar-refractivity contribution in [3.05, 3.63) is 17.8 Å². The van der Waals surface area contributed by atoms with Crippen LogP contribution in [0.25, 0.3) is 11.5 Å². The molecule has 2 aromatic heterocycles. The maximum atomic E-state index is 13.5. The smallest absolute Gasteiger partial charge is 0.433 e. The summed E-state index contributed by atoms with van der Waals surface area (Å²) in [7, 11) is 1.15. The maximum absolute atomic E-state index is 13.5. The van der Waals surface area contributed by atoms with Crippen molar-refractivity contribution in [2.75, 3.05) is 25.5 Å². The van der Waals surface area contributed by atoms with Gasteiger partial charge in [0, 0.05) is 19.5 Å². The quantitative estimate of drug-likeness (QED) is 0.704. The summed E-state index contributed by atoms with van der Waals surface area (Å²) in [5.74, 6) is -3.65. The van der Waals surface area contributed by atoms with E-state index in [4.69, 9.17) is 9.15 Å². The summed E-state index contributed by atoms with van der Waals surface area (Å²) < 4.78 is 75.8. The van der Waals surface area contributed by atoms with Gasteiger partial charge in [-0.2, -0.15) is 13.2 Å². The molecule has 1 aliphatic carbocycles. The first-order valence-electron chi connectivity index (χ1n) is 9.35. The summed E-state index contributed by atoms with van der Waals surface area (Å²) in [5, 5.41) is 10.2. The van der Waals surface area contributed by atoms with Crippen LogP contribution < -0.4 is 10.1 Å². The molecule has 0 aromatic carbocycles. The molecule has 31 heavy (non-hydrogen) atoms. The number of carbonyl (C=O) groups excluding carboxylic acids is 1. The zero-order valence-electron chi connectivity index (χ0n) is 16.5. The molecule has 1 N–H and O–H groups in total. The lowest BCUT2D eigenvalue weighted by Gasteiger charge is -2.21. The number of pyridine rings is 1. The number of amides is 1. The number of rotatable bonds is 5. The van der Waals surface area contributed by atoms with Gasteiger partial charge in [0.2, 0.25) is 11.8 Å². The highest BCUT2D eigenvalue weighted by molar-refractivity contribution is 5.84. The van der Waals surface area contributed by atoms with Gasteiger partial charge in [-0.25, -0.2) is 13.8 Å². The highest BCUT2D eigenvalue weighted by Crippen LogP contribution is 2.65. The molecule has 4 rings (SSSR count). The fourth-order valence-electron chi connectivity index (χ4n) is 3.71. The third-order valence-corrected chi connectivity index (χ3v) is 5.59. The lowest BCUT2D eigenvalue weighted by atomic mass is 10.1. The van der Waals surface area contributed by atoms with Crippen LogP contribution in [0.3, 0.4) is 0 Å². The molecule has 1 unspecified atom stereocenters. The SMILES string of the molecule is COc1nc(C(F)(F)F)ccc1-c1nnc(N[C@H](C)C(=O)N2CCC3(C2)CC3(F)F)o1. The molecule has 1 saturated carbocycles. The molecular formula is C18H18F5N5O3. The van der Waals surface area contributed by atoms with Gasteiger partial charge in [0.05, 0.1) is 12.5 Å². The normalized spacial score (nSPS) is 23.1. The molecule has 1 saturated heterocycles. The average Bonchev–Trinajstić information content (AvgIpc) is 3.08. The first-order valence-corrected chi connectivity index (χ1v) is 9.35. The van der Waals surface area contributed by atoms with Crippen molar-refractivity contribution in [2.45, 2.75) is 37.9 Å². The number of nitrogens with zero attached hydrogens (tertiary/aromatic N) is 4. The van der Waals surface area contributed by atoms with Gasteiger partial charge in [0.25, 0.3) is 11.8 Å². The molecule has 0 bridgehead atoms. The number of likely N-dealkylation sites (tertiary alicyclic amines) is 1. The number of carbonyl (C=O) groups is 1. The van der Waals surface area contributed by atoms with Crippen LogP contribution in [-0.2, 0) is 11.0 Å². The zero-order chi connectivity index (χ0) is 22.6. The summed E-state index contributed by atoms with van der Waals surface area (Å²) in [6.07, 6.45) is -4.60. The first-order chi connectivity index (χ1) is 14.5. The number of anilines is 1. The highest BCUT2D eigenvalue weighted by Gasteiger charge is 2.73. The minimum absolute atomic E-state index is 0.00560. The molecule has 2 aromatic rings. The van der Waals surface area contributed by atoms with E-state index in [-0.39, 0.29) is 49.3 Å². The predicted octanol–water partition coefficient (Wildman–Crippen LogP) is 3.22. The molecule has 13 heteroatoms. The van der Waals surface area contributed by atoms with Crippen LogP contribution in [0.4, 0.5) is 28.0 Å². The van der Waals surface area contributed by atoms with Crippen molar-refractivity contribution < 1.29 is 35.9 Å². The van der Waals surface area contributed by atoms with E-state index in [1.807, 2.05) is 0 Å². The minimum Gasteiger partial charge on any atom is -0.480 e. The number of hydrogen-bond acceptors (Lipinski definition) is 7. The van der Waals surface area contributed by atoms with E-state index in [2.05, 4.69) is 20.5 Å². The third-order valence-electron chi connectivity index (χ3n) is 5.59. The number of alkyl halides is 5. The van der Waals surface area contributed by atoms with E-state index < -0.39 is 35.2 Å². The average molecular weight is 447 g/mol. The predicted molar refractivity (Wildman–Crippen MR) is 95.4 cm³/mol. The van der Waals surface area contributed by atoms with Crippen LogP contribution in [0, 0.1) is 5.41 Å². The maximum Gasteiger partial charge on any atom is 0.433 e. The van der Waals surface area contributed by atoms with E-state index in [9.17, 15) is 26.7 Å². The number of hydrogen-bond donors (Lipinski definition) is 1. The highest BCUT2D eigenvalue weighted by atomic mass is 19.4. The second kappa shape index (κ2) is 7.02. The van der Waals surface area contributed by atoms with Gasteiger partial charge >= 0.3 is 12.2 Å². The summed E-state index contributed by atoms with van der Waals surface area (Å²) in [5.41, 5.74) is -2.21. The van der Waals surface area contributed by atoms with Gasteiger partial charge in [0.1, 0.15) is 17.3 Å². The first kappa shape index (κ1) is 21.2. The molecule has 1 aliphatic heterocycles. The van der Waals surface area contributed by atoms with Crippen molar-refractivity contribution in [3.63, 3.8) is 0 Å². The lowest BCUT2D eigenvalue weighted by Crippen LogP contribution is -2.40. The molecule has 1 spiro atoms. The molecule has 2 fully saturated rings. The fourth-order valence-corrected chi connectivity index (χ4v) is 3.71. The van der Waals surface area contributed by atoms with E-state index >= 15 is 0 Å². The van der Waals surface area contributed by atoms with Crippen molar-refractivity contribution in [3.8, 4) is 17.3 Å². The molecule has 0 radical (unpaired) electrons. The Kier molecular flexibility index (Phi) is 4.81. The summed E-state index contributed by atoms with van der Waals surface area (Å²) in [6.45, 7) is 1.75. The minimum atomic E-state index is -4.65. The molecule has 3 heterocycles. The third kappa shape index (κ3) is 3.76. The number of halogens is 5. The molecule has 1 amide bonds. The number of nitrogens with one attached hydrogen (secondary N) is 1. The Morgan fingerprint density at radius 3 is 2.61 bits per heavy atom. The standard InChI is InChI=1S/C18H18F5N5O3/c1-9(14(29)28-6-5-16(8-28)7-17(16,19)20)24-15-27-26-13(31-15)10-3-4-11(18(21,22)23)25-12(10)30-2/h3-4,9H,5-8H2,1-2H3,(H,24,27)/t9-,16?/m1/s1. The van der Waals surface area contributed by atoms with Crippen LogP contribution >= 0.6 is 0 Å². The van der Waals surface area contributed by atoms with Crippen molar-refractivity contribution in [1.29, 1.82) is 0 Å². The second-order valence-electron chi connectivity index (χ2n) is 7.70. The van der Waals surface area contributed by atoms with E-state index in [1.54, 1.807) is 0 Å². The topological polar surface area (TPSA) is 93.4 Å². The number of methoxy groups -OCH3 is 1. The van der Waals surface area contributed by atoms with Gasteiger partial charge in [-0.3, -0.25) is 4.79 Å². The van der Waals surface area contributed by atoms with Crippen LogP contribution in [0.1, 0.15) is 25.5 Å². The Hall–Kier alpha value is -2.99. The van der Waals surface area contributed by atoms with Crippen LogP contribution in [0.2, 0.25) is 0 Å². The van der Waals surface area contributed by atoms with Gasteiger partial charge in [-0.1, -0.05) is 5.10 Å². The number of ether oxygens (including phenoxy) is 1. The molecule has 2 atom stereocenters. The lowest BCUT2D eigenvalue weighted by molar-refractivity contribution is -0.141. The van der Waals surface area contributed by atoms with Gasteiger partial charge in [-0.05, 0) is 25.5 Å². The summed E-state index contributed by atoms with van der Waals surface area (Å²) in [4.78, 5) is 17.4. The van der Waals surface area contributed by atoms with Crippen molar-refractivity contribution in [1.82, 2.24) is 20.1 Å². The van der Waals surface area contributed by atoms with Gasteiger partial charge < -0.3 is 19.4 Å². The molecule has 8 nitrogen and oxygen atoms in total. The fraction of sp³-hybridized carbons (Fsp3) is 0.556. The van der Waals surface area contributed by atoms with E-state index in [0.717, 1.165) is 19.2 Å². The largest absolute Gasteiger partial charge is 0.480 e. The van der Waals surface area contributed by atoms with E-state index in [0.29, 0.717) is 0 Å². The van der Waals surface area contributed by atoms with Crippen LogP contribution in [0.5, 0.6) is 5.88 Å². The van der Waals surface area contributed by atoms with E-state index in [1.165, 1.54) is 11.8 Å². The molecule has 2 aliphatic rings. The number of aromatic nitrogens is 3. The Balaban J connectivity index is 1.44. The monoisotopic (exact) mass is 447 g/mol. The Morgan fingerprint density at radius 2 is 2.03 bits per heavy atom.